The van der Waals surface area contributed by atoms with Gasteiger partial charge in [-0.1, -0.05) is 19.3 Å². The average molecular weight is 262 g/mol. The molecule has 2 heterocycles. The predicted molar refractivity (Wildman–Crippen MR) is 73.5 cm³/mol. The maximum atomic E-state index is 12.5. The maximum Gasteiger partial charge on any atom is 0.225 e. The Labute approximate surface area is 113 Å². The molecule has 1 aromatic heterocycles. The van der Waals surface area contributed by atoms with Gasteiger partial charge in [0.15, 0.2) is 0 Å². The summed E-state index contributed by atoms with van der Waals surface area (Å²) in [6.45, 7) is 1.65. The molecule has 0 spiro atoms. The van der Waals surface area contributed by atoms with Crippen LogP contribution in [0.25, 0.3) is 0 Å². The van der Waals surface area contributed by atoms with E-state index in [4.69, 9.17) is 5.73 Å². The van der Waals surface area contributed by atoms with Gasteiger partial charge in [0.05, 0.1) is 17.6 Å². The number of H-pyrrole nitrogens is 1. The lowest BCUT2D eigenvalue weighted by atomic mass is 9.88. The molecule has 1 saturated carbocycles. The van der Waals surface area contributed by atoms with Crippen molar-refractivity contribution in [2.45, 2.75) is 44.4 Å². The monoisotopic (exact) mass is 262 g/mol. The van der Waals surface area contributed by atoms with Gasteiger partial charge in [0.2, 0.25) is 5.91 Å². The first-order valence-corrected chi connectivity index (χ1v) is 7.33. The van der Waals surface area contributed by atoms with Crippen molar-refractivity contribution in [3.8, 4) is 0 Å². The molecule has 1 atom stereocenters. The summed E-state index contributed by atoms with van der Waals surface area (Å²) in [5.74, 6) is 0.960. The molecule has 2 fully saturated rings. The second-order valence-electron chi connectivity index (χ2n) is 5.84. The summed E-state index contributed by atoms with van der Waals surface area (Å²) in [6.07, 6.45) is 8.50. The number of nitrogens with zero attached hydrogens (tertiary/aromatic N) is 2. The maximum absolute atomic E-state index is 12.5. The van der Waals surface area contributed by atoms with Gasteiger partial charge in [-0.3, -0.25) is 9.89 Å². The third kappa shape index (κ3) is 2.46. The summed E-state index contributed by atoms with van der Waals surface area (Å²) in [5, 5.41) is 6.95. The van der Waals surface area contributed by atoms with Crippen molar-refractivity contribution in [3.63, 3.8) is 0 Å². The third-order valence-corrected chi connectivity index (χ3v) is 4.56. The van der Waals surface area contributed by atoms with E-state index in [0.29, 0.717) is 11.8 Å². The number of aromatic nitrogens is 2. The molecule has 0 bridgehead atoms. The molecule has 1 aliphatic heterocycles. The lowest BCUT2D eigenvalue weighted by Gasteiger charge is -2.26. The number of likely N-dealkylation sites (tertiary alicyclic amines) is 1. The van der Waals surface area contributed by atoms with Crippen LogP contribution in [0.3, 0.4) is 0 Å². The number of nitrogens with two attached hydrogens (primary N) is 1. The van der Waals surface area contributed by atoms with Gasteiger partial charge in [-0.25, -0.2) is 0 Å². The van der Waals surface area contributed by atoms with Crippen molar-refractivity contribution in [3.05, 3.63) is 11.9 Å². The number of carbonyl (C=O) groups is 1. The summed E-state index contributed by atoms with van der Waals surface area (Å²) in [7, 11) is 0. The highest BCUT2D eigenvalue weighted by Gasteiger charge is 2.33. The topological polar surface area (TPSA) is 75.0 Å². The van der Waals surface area contributed by atoms with Crippen LogP contribution in [0.2, 0.25) is 0 Å². The largest absolute Gasteiger partial charge is 0.396 e. The molecule has 1 aliphatic carbocycles. The lowest BCUT2D eigenvalue weighted by molar-refractivity contribution is -0.135. The molecule has 1 aromatic rings. The summed E-state index contributed by atoms with van der Waals surface area (Å²) >= 11 is 0. The Balaban J connectivity index is 1.62. The molecule has 1 unspecified atom stereocenters. The van der Waals surface area contributed by atoms with Crippen LogP contribution < -0.4 is 5.73 Å². The van der Waals surface area contributed by atoms with Crippen LogP contribution in [0.4, 0.5) is 5.69 Å². The first kappa shape index (κ1) is 12.5. The Bertz CT molecular complexity index is 450. The van der Waals surface area contributed by atoms with Gasteiger partial charge in [0.1, 0.15) is 0 Å². The van der Waals surface area contributed by atoms with Crippen LogP contribution in [0.5, 0.6) is 0 Å². The van der Waals surface area contributed by atoms with E-state index in [0.717, 1.165) is 43.7 Å². The zero-order valence-corrected chi connectivity index (χ0v) is 11.3. The molecule has 3 N–H and O–H groups in total. The van der Waals surface area contributed by atoms with Gasteiger partial charge in [-0.05, 0) is 19.3 Å². The average Bonchev–Trinajstić information content (AvgIpc) is 3.07. The molecular weight excluding hydrogens is 240 g/mol. The van der Waals surface area contributed by atoms with Crippen LogP contribution in [-0.2, 0) is 4.79 Å². The number of nitrogens with one attached hydrogen (secondary N) is 1. The van der Waals surface area contributed by atoms with E-state index >= 15 is 0 Å². The van der Waals surface area contributed by atoms with Crippen molar-refractivity contribution >= 4 is 11.6 Å². The molecule has 1 saturated heterocycles. The fourth-order valence-electron chi connectivity index (χ4n) is 3.44. The third-order valence-electron chi connectivity index (χ3n) is 4.56. The normalized spacial score (nSPS) is 24.8. The van der Waals surface area contributed by atoms with Crippen molar-refractivity contribution in [1.29, 1.82) is 0 Å². The number of rotatable bonds is 2. The molecule has 104 valence electrons. The number of hydrogen-bond acceptors (Lipinski definition) is 3. The summed E-state index contributed by atoms with van der Waals surface area (Å²) in [5.41, 5.74) is 7.61. The van der Waals surface area contributed by atoms with Gasteiger partial charge in [0.25, 0.3) is 0 Å². The van der Waals surface area contributed by atoms with Gasteiger partial charge in [-0.15, -0.1) is 0 Å². The number of nitrogen functional groups attached to an aromatic ring is 1. The Morgan fingerprint density at radius 3 is 2.79 bits per heavy atom. The summed E-state index contributed by atoms with van der Waals surface area (Å²) in [6, 6.07) is 0. The van der Waals surface area contributed by atoms with Crippen molar-refractivity contribution < 1.29 is 4.79 Å². The van der Waals surface area contributed by atoms with Crippen molar-refractivity contribution in [1.82, 2.24) is 15.1 Å². The molecule has 1 amide bonds. The van der Waals surface area contributed by atoms with Crippen LogP contribution in [-0.4, -0.2) is 34.1 Å². The first-order valence-electron chi connectivity index (χ1n) is 7.33. The Kier molecular flexibility index (Phi) is 3.44. The van der Waals surface area contributed by atoms with Gasteiger partial charge in [0, 0.05) is 24.9 Å². The van der Waals surface area contributed by atoms with Gasteiger partial charge >= 0.3 is 0 Å². The van der Waals surface area contributed by atoms with E-state index < -0.39 is 0 Å². The number of carbonyl (C=O) groups excluding carboxylic acids is 1. The highest BCUT2D eigenvalue weighted by molar-refractivity contribution is 5.79. The Morgan fingerprint density at radius 1 is 1.32 bits per heavy atom. The lowest BCUT2D eigenvalue weighted by Crippen LogP contribution is -2.35. The van der Waals surface area contributed by atoms with Gasteiger partial charge in [-0.2, -0.15) is 5.10 Å². The number of anilines is 1. The number of amides is 1. The first-order chi connectivity index (χ1) is 9.25. The molecule has 5 nitrogen and oxygen atoms in total. The fourth-order valence-corrected chi connectivity index (χ4v) is 3.44. The van der Waals surface area contributed by atoms with E-state index in [1.165, 1.54) is 19.3 Å². The standard InChI is InChI=1S/C14H22N4O/c15-12-8-16-17-13(12)11-6-7-18(9-11)14(19)10-4-2-1-3-5-10/h8,10-11H,1-7,9,15H2,(H,16,17). The summed E-state index contributed by atoms with van der Waals surface area (Å²) in [4.78, 5) is 14.5. The van der Waals surface area contributed by atoms with E-state index in [1.54, 1.807) is 6.20 Å². The molecule has 2 aliphatic rings. The second-order valence-corrected chi connectivity index (χ2v) is 5.84. The van der Waals surface area contributed by atoms with Crippen LogP contribution >= 0.6 is 0 Å². The highest BCUT2D eigenvalue weighted by atomic mass is 16.2. The van der Waals surface area contributed by atoms with Gasteiger partial charge < -0.3 is 10.6 Å². The quantitative estimate of drug-likeness (QED) is 0.854. The molecule has 3 rings (SSSR count). The summed E-state index contributed by atoms with van der Waals surface area (Å²) < 4.78 is 0. The number of hydrogen-bond donors (Lipinski definition) is 2. The molecule has 5 heteroatoms. The van der Waals surface area contributed by atoms with Crippen LogP contribution in [0, 0.1) is 5.92 Å². The minimum Gasteiger partial charge on any atom is -0.396 e. The van der Waals surface area contributed by atoms with Crippen molar-refractivity contribution in [2.24, 2.45) is 5.92 Å². The van der Waals surface area contributed by atoms with Crippen molar-refractivity contribution in [2.75, 3.05) is 18.8 Å². The molecule has 0 aromatic carbocycles. The number of aromatic amines is 1. The van der Waals surface area contributed by atoms with E-state index in [1.807, 2.05) is 4.90 Å². The predicted octanol–water partition coefficient (Wildman–Crippen LogP) is 1.89. The van der Waals surface area contributed by atoms with E-state index in [9.17, 15) is 4.79 Å². The minimum absolute atomic E-state index is 0.270. The molecule has 0 radical (unpaired) electrons. The fraction of sp³-hybridized carbons (Fsp3) is 0.714. The zero-order valence-electron chi connectivity index (χ0n) is 11.3. The second kappa shape index (κ2) is 5.23. The smallest absolute Gasteiger partial charge is 0.225 e. The zero-order chi connectivity index (χ0) is 13.2. The molecule has 19 heavy (non-hydrogen) atoms. The van der Waals surface area contributed by atoms with E-state index in [-0.39, 0.29) is 5.92 Å². The SMILES string of the molecule is Nc1cn[nH]c1C1CCN(C(=O)C2CCCCC2)C1. The van der Waals surface area contributed by atoms with Crippen LogP contribution in [0.1, 0.15) is 50.1 Å². The van der Waals surface area contributed by atoms with Crippen LogP contribution in [0.15, 0.2) is 6.20 Å². The Hall–Kier alpha value is -1.52. The molecular formula is C14H22N4O. The highest BCUT2D eigenvalue weighted by Crippen LogP contribution is 2.32. The minimum atomic E-state index is 0.270. The Morgan fingerprint density at radius 2 is 2.11 bits per heavy atom. The van der Waals surface area contributed by atoms with E-state index in [2.05, 4.69) is 10.2 Å².